The molecular formula is C13H18N4S2. The van der Waals surface area contributed by atoms with Gasteiger partial charge in [-0.25, -0.2) is 4.98 Å². The Morgan fingerprint density at radius 2 is 1.79 bits per heavy atom. The van der Waals surface area contributed by atoms with E-state index >= 15 is 0 Å². The van der Waals surface area contributed by atoms with Gasteiger partial charge in [-0.05, 0) is 25.1 Å². The van der Waals surface area contributed by atoms with Crippen LogP contribution < -0.4 is 0 Å². The molecule has 1 saturated carbocycles. The minimum absolute atomic E-state index is 0.550. The van der Waals surface area contributed by atoms with E-state index in [9.17, 15) is 0 Å². The number of H-pyrrole nitrogens is 1. The van der Waals surface area contributed by atoms with Crippen molar-refractivity contribution in [2.75, 3.05) is 0 Å². The summed E-state index contributed by atoms with van der Waals surface area (Å²) in [6.07, 6.45) is 6.40. The van der Waals surface area contributed by atoms with E-state index in [1.807, 2.05) is 23.2 Å². The lowest BCUT2D eigenvalue weighted by Gasteiger charge is -2.18. The largest absolute Gasteiger partial charge is 0.338 e. The minimum Gasteiger partial charge on any atom is -0.338 e. The fraction of sp³-hybridized carbons (Fsp3) is 0.615. The number of aryl methyl sites for hydroxylation is 1. The highest BCUT2D eigenvalue weighted by molar-refractivity contribution is 7.72. The van der Waals surface area contributed by atoms with Crippen LogP contribution in [-0.2, 0) is 14.1 Å². The smallest absolute Gasteiger partial charge is 0.182 e. The summed E-state index contributed by atoms with van der Waals surface area (Å²) in [5, 5.41) is 0. The molecule has 0 saturated heterocycles. The predicted octanol–water partition coefficient (Wildman–Crippen LogP) is 3.75. The molecule has 1 fully saturated rings. The van der Waals surface area contributed by atoms with Gasteiger partial charge >= 0.3 is 0 Å². The average Bonchev–Trinajstić information content (AvgIpc) is 2.89. The van der Waals surface area contributed by atoms with Crippen molar-refractivity contribution in [2.24, 2.45) is 14.1 Å². The van der Waals surface area contributed by atoms with E-state index in [4.69, 9.17) is 29.4 Å². The van der Waals surface area contributed by atoms with E-state index < -0.39 is 0 Å². The monoisotopic (exact) mass is 294 g/mol. The Hall–Kier alpha value is -1.01. The van der Waals surface area contributed by atoms with E-state index in [1.54, 1.807) is 0 Å². The molecule has 0 spiro atoms. The number of fused-ring (bicyclic) bond motifs is 1. The topological polar surface area (TPSA) is 38.5 Å². The van der Waals surface area contributed by atoms with Crippen molar-refractivity contribution >= 4 is 35.6 Å². The van der Waals surface area contributed by atoms with Crippen LogP contribution in [0.1, 0.15) is 43.8 Å². The predicted molar refractivity (Wildman–Crippen MR) is 81.5 cm³/mol. The fourth-order valence-corrected chi connectivity index (χ4v) is 3.38. The maximum Gasteiger partial charge on any atom is 0.182 e. The van der Waals surface area contributed by atoms with Crippen molar-refractivity contribution < 1.29 is 0 Å². The summed E-state index contributed by atoms with van der Waals surface area (Å²) in [5.41, 5.74) is 1.82. The highest BCUT2D eigenvalue weighted by atomic mass is 32.1. The molecule has 0 radical (unpaired) electrons. The van der Waals surface area contributed by atoms with E-state index in [2.05, 4.69) is 4.98 Å². The second-order valence-corrected chi connectivity index (χ2v) is 6.11. The molecule has 0 unspecified atom stereocenters. The third-order valence-corrected chi connectivity index (χ3v) is 5.13. The summed E-state index contributed by atoms with van der Waals surface area (Å²) in [6, 6.07) is 0. The van der Waals surface area contributed by atoms with Gasteiger partial charge in [0.05, 0.1) is 0 Å². The average molecular weight is 294 g/mol. The van der Waals surface area contributed by atoms with Crippen LogP contribution in [0.4, 0.5) is 0 Å². The molecular weight excluding hydrogens is 276 g/mol. The molecule has 6 heteroatoms. The molecule has 1 aliphatic carbocycles. The summed E-state index contributed by atoms with van der Waals surface area (Å²) < 4.78 is 5.24. The van der Waals surface area contributed by atoms with Crippen molar-refractivity contribution in [3.63, 3.8) is 0 Å². The molecule has 0 amide bonds. The number of hydrogen-bond acceptors (Lipinski definition) is 3. The highest BCUT2D eigenvalue weighted by Gasteiger charge is 2.20. The van der Waals surface area contributed by atoms with Gasteiger partial charge in [0, 0.05) is 20.0 Å². The Kier molecular flexibility index (Phi) is 3.30. The first kappa shape index (κ1) is 13.0. The first-order valence-electron chi connectivity index (χ1n) is 6.75. The molecule has 0 atom stereocenters. The van der Waals surface area contributed by atoms with Crippen LogP contribution in [0.3, 0.4) is 0 Å². The Balaban J connectivity index is 2.20. The Bertz CT molecular complexity index is 731. The van der Waals surface area contributed by atoms with Gasteiger partial charge in [0.2, 0.25) is 0 Å². The lowest BCUT2D eigenvalue weighted by atomic mass is 9.89. The van der Waals surface area contributed by atoms with Crippen LogP contribution in [-0.4, -0.2) is 19.1 Å². The summed E-state index contributed by atoms with van der Waals surface area (Å²) in [5.74, 6) is 1.63. The summed E-state index contributed by atoms with van der Waals surface area (Å²) in [6.45, 7) is 0. The molecule has 3 rings (SSSR count). The lowest BCUT2D eigenvalue weighted by molar-refractivity contribution is 0.431. The van der Waals surface area contributed by atoms with Crippen molar-refractivity contribution in [2.45, 2.75) is 38.0 Å². The number of nitrogens with one attached hydrogen (secondary N) is 1. The quantitative estimate of drug-likeness (QED) is 0.814. The zero-order chi connectivity index (χ0) is 13.6. The third kappa shape index (κ3) is 2.07. The Labute approximate surface area is 122 Å². The molecule has 102 valence electrons. The highest BCUT2D eigenvalue weighted by Crippen LogP contribution is 2.32. The summed E-state index contributed by atoms with van der Waals surface area (Å²) >= 11 is 10.8. The van der Waals surface area contributed by atoms with Crippen molar-refractivity contribution in [3.8, 4) is 0 Å². The van der Waals surface area contributed by atoms with Gasteiger partial charge in [0.15, 0.2) is 10.4 Å². The van der Waals surface area contributed by atoms with Crippen LogP contribution >= 0.6 is 24.4 Å². The number of rotatable bonds is 1. The standard InChI is InChI=1S/C13H18N4S2/c1-16-11-9(12(18)17(2)13(16)19)14-10(15-11)8-6-4-3-5-7-8/h8H,3-7H2,1-2H3,(H,14,15). The van der Waals surface area contributed by atoms with Gasteiger partial charge in [-0.15, -0.1) is 0 Å². The van der Waals surface area contributed by atoms with Gasteiger partial charge < -0.3 is 14.1 Å². The van der Waals surface area contributed by atoms with Crippen molar-refractivity contribution in [1.29, 1.82) is 0 Å². The first-order chi connectivity index (χ1) is 9.09. The van der Waals surface area contributed by atoms with Crippen LogP contribution in [0.5, 0.6) is 0 Å². The van der Waals surface area contributed by atoms with Crippen molar-refractivity contribution in [1.82, 2.24) is 19.1 Å². The van der Waals surface area contributed by atoms with Gasteiger partial charge in [0.25, 0.3) is 0 Å². The third-order valence-electron chi connectivity index (χ3n) is 4.10. The molecule has 1 aliphatic rings. The van der Waals surface area contributed by atoms with Crippen LogP contribution in [0, 0.1) is 9.41 Å². The minimum atomic E-state index is 0.550. The molecule has 4 nitrogen and oxygen atoms in total. The number of hydrogen-bond donors (Lipinski definition) is 1. The van der Waals surface area contributed by atoms with Gasteiger partial charge in [0.1, 0.15) is 16.0 Å². The molecule has 0 aromatic carbocycles. The van der Waals surface area contributed by atoms with E-state index in [-0.39, 0.29) is 0 Å². The second kappa shape index (κ2) is 4.83. The molecule has 2 aromatic rings. The van der Waals surface area contributed by atoms with Crippen LogP contribution in [0.25, 0.3) is 11.2 Å². The normalized spacial score (nSPS) is 17.2. The second-order valence-electron chi connectivity index (χ2n) is 5.36. The van der Waals surface area contributed by atoms with E-state index in [0.29, 0.717) is 10.7 Å². The van der Waals surface area contributed by atoms with Crippen LogP contribution in [0.2, 0.25) is 0 Å². The number of aromatic nitrogens is 4. The molecule has 2 heterocycles. The zero-order valence-corrected chi connectivity index (χ0v) is 12.9. The zero-order valence-electron chi connectivity index (χ0n) is 11.3. The van der Waals surface area contributed by atoms with E-state index in [1.165, 1.54) is 32.1 Å². The van der Waals surface area contributed by atoms with Crippen molar-refractivity contribution in [3.05, 3.63) is 15.2 Å². The van der Waals surface area contributed by atoms with Gasteiger partial charge in [-0.1, -0.05) is 31.5 Å². The van der Waals surface area contributed by atoms with Gasteiger partial charge in [-0.3, -0.25) is 0 Å². The maximum absolute atomic E-state index is 5.47. The lowest BCUT2D eigenvalue weighted by Crippen LogP contribution is -2.06. The number of aromatic amines is 1. The van der Waals surface area contributed by atoms with E-state index in [0.717, 1.165) is 21.6 Å². The summed E-state index contributed by atoms with van der Waals surface area (Å²) in [7, 11) is 3.86. The molecule has 0 aliphatic heterocycles. The van der Waals surface area contributed by atoms with Gasteiger partial charge in [-0.2, -0.15) is 0 Å². The maximum atomic E-state index is 5.47. The summed E-state index contributed by atoms with van der Waals surface area (Å²) in [4.78, 5) is 8.20. The Morgan fingerprint density at radius 3 is 2.47 bits per heavy atom. The molecule has 0 bridgehead atoms. The fourth-order valence-electron chi connectivity index (χ4n) is 2.91. The number of imidazole rings is 1. The first-order valence-corrected chi connectivity index (χ1v) is 7.57. The Morgan fingerprint density at radius 1 is 1.11 bits per heavy atom. The van der Waals surface area contributed by atoms with Crippen LogP contribution in [0.15, 0.2) is 0 Å². The number of nitrogens with zero attached hydrogens (tertiary/aromatic N) is 3. The molecule has 19 heavy (non-hydrogen) atoms. The molecule has 2 aromatic heterocycles. The SMILES string of the molecule is Cn1c(=S)c2[nH]c(C3CCCCC3)nc2n(C)c1=S. The molecule has 1 N–H and O–H groups in total.